The third-order valence-corrected chi connectivity index (χ3v) is 6.23. The second-order valence-corrected chi connectivity index (χ2v) is 9.13. The van der Waals surface area contributed by atoms with Crippen LogP contribution in [0.2, 0.25) is 10.0 Å². The predicted octanol–water partition coefficient (Wildman–Crippen LogP) is 6.20. The van der Waals surface area contributed by atoms with Crippen LogP contribution >= 0.6 is 23.2 Å². The quantitative estimate of drug-likeness (QED) is 0.173. The third-order valence-electron chi connectivity index (χ3n) is 5.63. The van der Waals surface area contributed by atoms with Gasteiger partial charge in [0.05, 0.1) is 39.3 Å². The number of phenols is 1. The molecular weight excluding hydrogens is 525 g/mol. The van der Waals surface area contributed by atoms with Crippen molar-refractivity contribution >= 4 is 29.2 Å². The van der Waals surface area contributed by atoms with Crippen molar-refractivity contribution in [1.29, 1.82) is 0 Å². The number of nitrogens with zero attached hydrogens (tertiary/aromatic N) is 3. The van der Waals surface area contributed by atoms with Crippen LogP contribution in [-0.2, 0) is 6.61 Å². The topological polar surface area (TPSA) is 116 Å². The Hall–Kier alpha value is -4.11. The lowest BCUT2D eigenvalue weighted by Gasteiger charge is -2.09. The van der Waals surface area contributed by atoms with E-state index in [9.17, 15) is 5.11 Å². The third kappa shape index (κ3) is 5.73. The molecule has 0 aliphatic carbocycles. The molecule has 38 heavy (non-hydrogen) atoms. The van der Waals surface area contributed by atoms with E-state index in [1.165, 1.54) is 12.1 Å². The van der Waals surface area contributed by atoms with Gasteiger partial charge in [-0.3, -0.25) is 0 Å². The summed E-state index contributed by atoms with van der Waals surface area (Å²) in [4.78, 5) is 17.0. The normalized spacial score (nSPS) is 10.9. The SMILES string of the molecule is OCCNc1nccc(-c2[nH]c(-c3c(Cl)cc(O)cc3Cl)nc2-c2cccc(OCc3ccccc3)c2)n1. The highest BCUT2D eigenvalue weighted by Gasteiger charge is 2.21. The number of H-pyrrole nitrogens is 1. The average molecular weight is 548 g/mol. The second-order valence-electron chi connectivity index (χ2n) is 8.31. The highest BCUT2D eigenvalue weighted by molar-refractivity contribution is 6.39. The lowest BCUT2D eigenvalue weighted by molar-refractivity contribution is 0.306. The van der Waals surface area contributed by atoms with Crippen LogP contribution in [0.4, 0.5) is 5.95 Å². The summed E-state index contributed by atoms with van der Waals surface area (Å²) in [5, 5.41) is 22.5. The molecule has 0 bridgehead atoms. The minimum absolute atomic E-state index is 0.0468. The second kappa shape index (κ2) is 11.5. The van der Waals surface area contributed by atoms with Gasteiger partial charge >= 0.3 is 0 Å². The standard InChI is InChI=1S/C28H23Cl2N5O3/c29-21-14-19(37)15-22(30)24(21)27-34-25(26(35-27)23-9-10-31-28(33-23)32-11-12-36)18-7-4-8-20(13-18)38-16-17-5-2-1-3-6-17/h1-10,13-15,36-37H,11-12,16H2,(H,34,35)(H,31,32,33). The summed E-state index contributed by atoms with van der Waals surface area (Å²) >= 11 is 12.9. The fourth-order valence-electron chi connectivity index (χ4n) is 3.90. The first kappa shape index (κ1) is 25.5. The highest BCUT2D eigenvalue weighted by Crippen LogP contribution is 2.40. The molecule has 4 N–H and O–H groups in total. The number of rotatable bonds is 9. The number of aromatic amines is 1. The Morgan fingerprint density at radius 2 is 1.71 bits per heavy atom. The van der Waals surface area contributed by atoms with Gasteiger partial charge in [0.15, 0.2) is 0 Å². The molecule has 5 aromatic rings. The lowest BCUT2D eigenvalue weighted by Crippen LogP contribution is -2.08. The molecule has 0 radical (unpaired) electrons. The van der Waals surface area contributed by atoms with Gasteiger partial charge in [0, 0.05) is 18.3 Å². The maximum atomic E-state index is 9.89. The van der Waals surface area contributed by atoms with Gasteiger partial charge in [-0.05, 0) is 35.9 Å². The van der Waals surface area contributed by atoms with E-state index < -0.39 is 0 Å². The minimum atomic E-state index is -0.0549. The smallest absolute Gasteiger partial charge is 0.223 e. The van der Waals surface area contributed by atoms with E-state index in [1.807, 2.05) is 54.6 Å². The average Bonchev–Trinajstić information content (AvgIpc) is 3.36. The Morgan fingerprint density at radius 1 is 0.921 bits per heavy atom. The summed E-state index contributed by atoms with van der Waals surface area (Å²) in [6.07, 6.45) is 1.62. The molecule has 10 heteroatoms. The molecule has 0 aliphatic rings. The van der Waals surface area contributed by atoms with E-state index in [1.54, 1.807) is 12.3 Å². The van der Waals surface area contributed by atoms with Crippen LogP contribution < -0.4 is 10.1 Å². The predicted molar refractivity (Wildman–Crippen MR) is 149 cm³/mol. The van der Waals surface area contributed by atoms with Crippen LogP contribution in [0.15, 0.2) is 79.0 Å². The van der Waals surface area contributed by atoms with Crippen molar-refractivity contribution in [3.8, 4) is 45.5 Å². The van der Waals surface area contributed by atoms with Crippen LogP contribution in [0.1, 0.15) is 5.56 Å². The fraction of sp³-hybridized carbons (Fsp3) is 0.107. The number of nitrogens with one attached hydrogen (secondary N) is 2. The van der Waals surface area contributed by atoms with Gasteiger partial charge in [-0.2, -0.15) is 0 Å². The largest absolute Gasteiger partial charge is 0.508 e. The summed E-state index contributed by atoms with van der Waals surface area (Å²) < 4.78 is 6.04. The number of anilines is 1. The molecule has 0 atom stereocenters. The molecule has 0 fully saturated rings. The minimum Gasteiger partial charge on any atom is -0.508 e. The first-order valence-corrected chi connectivity index (χ1v) is 12.5. The number of benzene rings is 3. The number of aliphatic hydroxyl groups is 1. The number of hydrogen-bond acceptors (Lipinski definition) is 7. The molecule has 3 aromatic carbocycles. The zero-order valence-corrected chi connectivity index (χ0v) is 21.5. The molecule has 0 saturated carbocycles. The lowest BCUT2D eigenvalue weighted by atomic mass is 10.1. The van der Waals surface area contributed by atoms with E-state index in [0.717, 1.165) is 11.1 Å². The van der Waals surface area contributed by atoms with Gasteiger partial charge in [-0.15, -0.1) is 0 Å². The first-order chi connectivity index (χ1) is 18.5. The molecular formula is C28H23Cl2N5O3. The number of aromatic nitrogens is 4. The first-order valence-electron chi connectivity index (χ1n) is 11.8. The Kier molecular flexibility index (Phi) is 7.74. The molecule has 5 rings (SSSR count). The van der Waals surface area contributed by atoms with Crippen LogP contribution in [0.5, 0.6) is 11.5 Å². The molecule has 2 heterocycles. The number of aromatic hydroxyl groups is 1. The van der Waals surface area contributed by atoms with Crippen LogP contribution in [0, 0.1) is 0 Å². The number of halogens is 2. The molecule has 2 aromatic heterocycles. The number of imidazole rings is 1. The number of phenolic OH excluding ortho intramolecular Hbond substituents is 1. The van der Waals surface area contributed by atoms with Crippen molar-refractivity contribution in [1.82, 2.24) is 19.9 Å². The number of ether oxygens (including phenoxy) is 1. The zero-order valence-electron chi connectivity index (χ0n) is 20.0. The van der Waals surface area contributed by atoms with Crippen molar-refractivity contribution < 1.29 is 14.9 Å². The number of aliphatic hydroxyl groups excluding tert-OH is 1. The monoisotopic (exact) mass is 547 g/mol. The summed E-state index contributed by atoms with van der Waals surface area (Å²) in [6, 6.07) is 22.1. The van der Waals surface area contributed by atoms with E-state index in [0.29, 0.717) is 53.3 Å². The van der Waals surface area contributed by atoms with Gasteiger partial charge in [0.25, 0.3) is 0 Å². The van der Waals surface area contributed by atoms with Crippen LogP contribution in [-0.4, -0.2) is 43.3 Å². The number of hydrogen-bond donors (Lipinski definition) is 4. The maximum Gasteiger partial charge on any atom is 0.223 e. The maximum absolute atomic E-state index is 9.89. The summed E-state index contributed by atoms with van der Waals surface area (Å²) in [6.45, 7) is 0.679. The van der Waals surface area contributed by atoms with Gasteiger partial charge in [0.1, 0.15) is 23.9 Å². The Morgan fingerprint density at radius 3 is 2.47 bits per heavy atom. The molecule has 0 spiro atoms. The summed E-state index contributed by atoms with van der Waals surface area (Å²) in [7, 11) is 0. The van der Waals surface area contributed by atoms with E-state index in [-0.39, 0.29) is 22.4 Å². The molecule has 192 valence electrons. The Balaban J connectivity index is 1.58. The van der Waals surface area contributed by atoms with Gasteiger partial charge in [0.2, 0.25) is 5.95 Å². The molecule has 8 nitrogen and oxygen atoms in total. The highest BCUT2D eigenvalue weighted by atomic mass is 35.5. The van der Waals surface area contributed by atoms with Gasteiger partial charge in [-0.1, -0.05) is 65.7 Å². The molecule has 0 aliphatic heterocycles. The van der Waals surface area contributed by atoms with Crippen LogP contribution in [0.3, 0.4) is 0 Å². The van der Waals surface area contributed by atoms with E-state index in [4.69, 9.17) is 38.0 Å². The van der Waals surface area contributed by atoms with Crippen molar-refractivity contribution in [3.63, 3.8) is 0 Å². The zero-order chi connectivity index (χ0) is 26.5. The van der Waals surface area contributed by atoms with Gasteiger partial charge < -0.3 is 25.3 Å². The van der Waals surface area contributed by atoms with E-state index in [2.05, 4.69) is 20.3 Å². The Labute approximate surface area is 228 Å². The van der Waals surface area contributed by atoms with Crippen molar-refractivity contribution in [2.45, 2.75) is 6.61 Å². The van der Waals surface area contributed by atoms with Gasteiger partial charge in [-0.25, -0.2) is 15.0 Å². The Bertz CT molecular complexity index is 1540. The van der Waals surface area contributed by atoms with Crippen molar-refractivity contribution in [3.05, 3.63) is 94.6 Å². The summed E-state index contributed by atoms with van der Waals surface area (Å²) in [5.41, 5.74) is 4.05. The summed E-state index contributed by atoms with van der Waals surface area (Å²) in [5.74, 6) is 1.40. The molecule has 0 unspecified atom stereocenters. The molecule has 0 saturated heterocycles. The fourth-order valence-corrected chi connectivity index (χ4v) is 4.55. The molecule has 0 amide bonds. The van der Waals surface area contributed by atoms with Crippen molar-refractivity contribution in [2.24, 2.45) is 0 Å². The van der Waals surface area contributed by atoms with Crippen molar-refractivity contribution in [2.75, 3.05) is 18.5 Å². The van der Waals surface area contributed by atoms with Crippen LogP contribution in [0.25, 0.3) is 34.0 Å². The van der Waals surface area contributed by atoms with E-state index >= 15 is 0 Å².